The Labute approximate surface area is 132 Å². The van der Waals surface area contributed by atoms with Gasteiger partial charge in [0.15, 0.2) is 0 Å². The van der Waals surface area contributed by atoms with E-state index in [0.29, 0.717) is 19.7 Å². The highest BCUT2D eigenvalue weighted by atomic mass is 16.5. The third-order valence-electron chi connectivity index (χ3n) is 4.44. The Morgan fingerprint density at radius 2 is 2.09 bits per heavy atom. The molecule has 0 radical (unpaired) electrons. The summed E-state index contributed by atoms with van der Waals surface area (Å²) < 4.78 is 11.6. The van der Waals surface area contributed by atoms with Crippen molar-refractivity contribution in [1.29, 1.82) is 0 Å². The maximum absolute atomic E-state index is 12.5. The van der Waals surface area contributed by atoms with Crippen LogP contribution in [0.2, 0.25) is 0 Å². The fourth-order valence-corrected chi connectivity index (χ4v) is 3.33. The van der Waals surface area contributed by atoms with Crippen molar-refractivity contribution in [2.24, 2.45) is 0 Å². The van der Waals surface area contributed by atoms with Gasteiger partial charge in [-0.25, -0.2) is 0 Å². The Balaban J connectivity index is 1.55. The van der Waals surface area contributed by atoms with Crippen molar-refractivity contribution in [3.05, 3.63) is 35.9 Å². The summed E-state index contributed by atoms with van der Waals surface area (Å²) in [6.45, 7) is 4.13. The molecule has 2 fully saturated rings. The molecule has 2 aliphatic rings. The average molecular weight is 303 g/mol. The molecular formula is C18H25NO3. The van der Waals surface area contributed by atoms with Crippen LogP contribution in [0, 0.1) is 0 Å². The van der Waals surface area contributed by atoms with E-state index in [1.165, 1.54) is 5.56 Å². The molecule has 4 heteroatoms. The number of carbonyl (C=O) groups excluding carboxylic acids is 1. The predicted octanol–water partition coefficient (Wildman–Crippen LogP) is 2.41. The molecule has 1 amide bonds. The van der Waals surface area contributed by atoms with Crippen LogP contribution in [0.1, 0.15) is 31.7 Å². The summed E-state index contributed by atoms with van der Waals surface area (Å²) in [4.78, 5) is 14.5. The molecule has 0 spiro atoms. The van der Waals surface area contributed by atoms with E-state index in [9.17, 15) is 4.79 Å². The van der Waals surface area contributed by atoms with Crippen LogP contribution in [0.15, 0.2) is 30.3 Å². The molecule has 3 unspecified atom stereocenters. The third kappa shape index (κ3) is 3.87. The molecule has 4 nitrogen and oxygen atoms in total. The number of hydrogen-bond acceptors (Lipinski definition) is 3. The number of rotatable bonds is 4. The SMILES string of the molecule is CC1CN(C(=O)C2CCCO2)CC(CCc2ccccc2)O1. The van der Waals surface area contributed by atoms with Crippen LogP contribution < -0.4 is 0 Å². The van der Waals surface area contributed by atoms with Crippen molar-refractivity contribution in [2.45, 2.75) is 50.9 Å². The highest BCUT2D eigenvalue weighted by Gasteiger charge is 2.33. The average Bonchev–Trinajstić information content (AvgIpc) is 3.07. The lowest BCUT2D eigenvalue weighted by Crippen LogP contribution is -2.52. The van der Waals surface area contributed by atoms with Crippen LogP contribution >= 0.6 is 0 Å². The van der Waals surface area contributed by atoms with Gasteiger partial charge in [0, 0.05) is 19.7 Å². The highest BCUT2D eigenvalue weighted by molar-refractivity contribution is 5.81. The molecule has 1 aromatic rings. The number of hydrogen-bond donors (Lipinski definition) is 0. The van der Waals surface area contributed by atoms with Crippen LogP contribution in [0.5, 0.6) is 0 Å². The molecule has 3 rings (SSSR count). The monoisotopic (exact) mass is 303 g/mol. The molecule has 1 aromatic carbocycles. The Kier molecular flexibility index (Phi) is 5.11. The molecule has 120 valence electrons. The number of nitrogens with zero attached hydrogens (tertiary/aromatic N) is 1. The number of benzene rings is 1. The van der Waals surface area contributed by atoms with E-state index in [-0.39, 0.29) is 24.2 Å². The van der Waals surface area contributed by atoms with E-state index in [4.69, 9.17) is 9.47 Å². The quantitative estimate of drug-likeness (QED) is 0.857. The summed E-state index contributed by atoms with van der Waals surface area (Å²) >= 11 is 0. The van der Waals surface area contributed by atoms with Crippen molar-refractivity contribution in [2.75, 3.05) is 19.7 Å². The van der Waals surface area contributed by atoms with Crippen LogP contribution in [0.3, 0.4) is 0 Å². The highest BCUT2D eigenvalue weighted by Crippen LogP contribution is 2.20. The summed E-state index contributed by atoms with van der Waals surface area (Å²) in [5.74, 6) is 0.150. The van der Waals surface area contributed by atoms with E-state index < -0.39 is 0 Å². The summed E-state index contributed by atoms with van der Waals surface area (Å²) in [5.41, 5.74) is 1.32. The van der Waals surface area contributed by atoms with Gasteiger partial charge in [-0.05, 0) is 38.2 Å². The first-order valence-electron chi connectivity index (χ1n) is 8.32. The first-order chi connectivity index (χ1) is 10.7. The number of amides is 1. The molecule has 2 heterocycles. The van der Waals surface area contributed by atoms with Crippen molar-refractivity contribution < 1.29 is 14.3 Å². The summed E-state index contributed by atoms with van der Waals surface area (Å²) in [7, 11) is 0. The lowest BCUT2D eigenvalue weighted by Gasteiger charge is -2.38. The van der Waals surface area contributed by atoms with Gasteiger partial charge in [0.1, 0.15) is 6.10 Å². The second kappa shape index (κ2) is 7.25. The van der Waals surface area contributed by atoms with E-state index in [0.717, 1.165) is 25.7 Å². The minimum atomic E-state index is -0.222. The van der Waals surface area contributed by atoms with Gasteiger partial charge in [0.2, 0.25) is 0 Å². The van der Waals surface area contributed by atoms with Crippen LogP contribution in [-0.4, -0.2) is 48.8 Å². The van der Waals surface area contributed by atoms with Gasteiger partial charge in [-0.2, -0.15) is 0 Å². The first-order valence-corrected chi connectivity index (χ1v) is 8.32. The predicted molar refractivity (Wildman–Crippen MR) is 84.7 cm³/mol. The summed E-state index contributed by atoms with van der Waals surface area (Å²) in [6.07, 6.45) is 3.78. The summed E-state index contributed by atoms with van der Waals surface area (Å²) in [6, 6.07) is 10.4. The molecular weight excluding hydrogens is 278 g/mol. The van der Waals surface area contributed by atoms with Gasteiger partial charge in [-0.1, -0.05) is 30.3 Å². The fourth-order valence-electron chi connectivity index (χ4n) is 3.33. The molecule has 2 saturated heterocycles. The van der Waals surface area contributed by atoms with Crippen molar-refractivity contribution in [3.63, 3.8) is 0 Å². The largest absolute Gasteiger partial charge is 0.372 e. The topological polar surface area (TPSA) is 38.8 Å². The Morgan fingerprint density at radius 1 is 1.27 bits per heavy atom. The second-order valence-electron chi connectivity index (χ2n) is 6.34. The van der Waals surface area contributed by atoms with Gasteiger partial charge >= 0.3 is 0 Å². The van der Waals surface area contributed by atoms with E-state index in [1.54, 1.807) is 0 Å². The second-order valence-corrected chi connectivity index (χ2v) is 6.34. The van der Waals surface area contributed by atoms with Gasteiger partial charge in [0.25, 0.3) is 5.91 Å². The molecule has 0 bridgehead atoms. The molecule has 0 N–H and O–H groups in total. The van der Waals surface area contributed by atoms with Crippen LogP contribution in [0.4, 0.5) is 0 Å². The number of aryl methyl sites for hydroxylation is 1. The Bertz CT molecular complexity index is 484. The zero-order chi connectivity index (χ0) is 15.4. The van der Waals surface area contributed by atoms with E-state index in [2.05, 4.69) is 24.3 Å². The molecule has 0 aromatic heterocycles. The van der Waals surface area contributed by atoms with Gasteiger partial charge in [-0.15, -0.1) is 0 Å². The van der Waals surface area contributed by atoms with Gasteiger partial charge in [0.05, 0.1) is 12.2 Å². The standard InChI is InChI=1S/C18H25NO3/c1-14-12-19(18(20)17-8-5-11-21-17)13-16(22-14)10-9-15-6-3-2-4-7-15/h2-4,6-7,14,16-17H,5,8-13H2,1H3. The zero-order valence-corrected chi connectivity index (χ0v) is 13.2. The molecule has 0 aliphatic carbocycles. The van der Waals surface area contributed by atoms with Crippen molar-refractivity contribution >= 4 is 5.91 Å². The van der Waals surface area contributed by atoms with Gasteiger partial charge in [-0.3, -0.25) is 4.79 Å². The molecule has 3 atom stereocenters. The zero-order valence-electron chi connectivity index (χ0n) is 13.2. The Hall–Kier alpha value is -1.39. The maximum atomic E-state index is 12.5. The summed E-state index contributed by atoms with van der Waals surface area (Å²) in [5, 5.41) is 0. The smallest absolute Gasteiger partial charge is 0.251 e. The van der Waals surface area contributed by atoms with Crippen molar-refractivity contribution in [3.8, 4) is 0 Å². The fraction of sp³-hybridized carbons (Fsp3) is 0.611. The van der Waals surface area contributed by atoms with Crippen LogP contribution in [0.25, 0.3) is 0 Å². The van der Waals surface area contributed by atoms with Gasteiger partial charge < -0.3 is 14.4 Å². The maximum Gasteiger partial charge on any atom is 0.251 e. The molecule has 22 heavy (non-hydrogen) atoms. The number of morpholine rings is 1. The van der Waals surface area contributed by atoms with E-state index in [1.807, 2.05) is 17.9 Å². The number of carbonyl (C=O) groups is 1. The normalized spacial score (nSPS) is 28.8. The lowest BCUT2D eigenvalue weighted by molar-refractivity contribution is -0.153. The van der Waals surface area contributed by atoms with Crippen LogP contribution in [-0.2, 0) is 20.7 Å². The third-order valence-corrected chi connectivity index (χ3v) is 4.44. The first kappa shape index (κ1) is 15.5. The molecule has 0 saturated carbocycles. The molecule has 2 aliphatic heterocycles. The van der Waals surface area contributed by atoms with Crippen molar-refractivity contribution in [1.82, 2.24) is 4.90 Å². The minimum Gasteiger partial charge on any atom is -0.372 e. The van der Waals surface area contributed by atoms with E-state index >= 15 is 0 Å². The number of ether oxygens (including phenoxy) is 2. The minimum absolute atomic E-state index is 0.0971. The lowest BCUT2D eigenvalue weighted by atomic mass is 10.0. The Morgan fingerprint density at radius 3 is 2.82 bits per heavy atom.